The molecule has 1 saturated carbocycles. The molecule has 0 heterocycles. The molecule has 1 aliphatic rings. The van der Waals surface area contributed by atoms with Crippen molar-refractivity contribution in [2.75, 3.05) is 0 Å². The van der Waals surface area contributed by atoms with Crippen LogP contribution in [0.15, 0.2) is 72.3 Å². The maximum Gasteiger partial charge on any atom is 0.261 e. The van der Waals surface area contributed by atoms with E-state index >= 15 is 0 Å². The maximum atomic E-state index is 10.6. The fraction of sp³-hybridized carbons (Fsp3) is 0.462. The fourth-order valence-corrected chi connectivity index (χ4v) is 9.47. The minimum absolute atomic E-state index is 0.0424. The van der Waals surface area contributed by atoms with Crippen LogP contribution in [0.2, 0.25) is 5.04 Å². The Morgan fingerprint density at radius 2 is 1.48 bits per heavy atom. The van der Waals surface area contributed by atoms with E-state index in [4.69, 9.17) is 4.43 Å². The molecule has 0 amide bonds. The summed E-state index contributed by atoms with van der Waals surface area (Å²) in [5, 5.41) is 13.1. The molecule has 2 aromatic rings. The molecule has 1 fully saturated rings. The predicted molar refractivity (Wildman–Crippen MR) is 125 cm³/mol. The van der Waals surface area contributed by atoms with E-state index in [9.17, 15) is 5.11 Å². The van der Waals surface area contributed by atoms with Gasteiger partial charge in [-0.05, 0) is 53.1 Å². The van der Waals surface area contributed by atoms with Crippen molar-refractivity contribution in [3.63, 3.8) is 0 Å². The molecule has 156 valence electrons. The van der Waals surface area contributed by atoms with Crippen LogP contribution in [-0.4, -0.2) is 25.6 Å². The van der Waals surface area contributed by atoms with Gasteiger partial charge in [0.2, 0.25) is 0 Å². The van der Waals surface area contributed by atoms with Crippen LogP contribution < -0.4 is 10.4 Å². The topological polar surface area (TPSA) is 29.5 Å². The lowest BCUT2D eigenvalue weighted by atomic mass is 9.83. The first-order chi connectivity index (χ1) is 13.8. The van der Waals surface area contributed by atoms with Gasteiger partial charge in [0.15, 0.2) is 0 Å². The molecular formula is C26H36O2Si. The Morgan fingerprint density at radius 3 is 1.93 bits per heavy atom. The standard InChI is InChI=1S/C26H36O2Si/c1-20-13-12-18-25(27)24(20)19-21(2)28-29(26(3,4)5,22-14-8-6-9-15-22)23-16-10-7-11-17-23/h6-11,14-17,19-21,25,27H,12-13,18H2,1-5H3/b24-19+/t20-,21?,25+/m1/s1. The Kier molecular flexibility index (Phi) is 6.82. The maximum absolute atomic E-state index is 10.6. The lowest BCUT2D eigenvalue weighted by Gasteiger charge is -2.44. The highest BCUT2D eigenvalue weighted by Crippen LogP contribution is 2.38. The van der Waals surface area contributed by atoms with E-state index in [1.54, 1.807) is 0 Å². The van der Waals surface area contributed by atoms with Crippen LogP contribution in [-0.2, 0) is 4.43 Å². The number of rotatable bonds is 5. The molecule has 1 unspecified atom stereocenters. The molecule has 29 heavy (non-hydrogen) atoms. The monoisotopic (exact) mass is 408 g/mol. The molecule has 3 heteroatoms. The SMILES string of the molecule is CC(/C=C1\[C@H](C)CCC[C@@H]1O)O[Si](c1ccccc1)(c1ccccc1)C(C)(C)C. The van der Waals surface area contributed by atoms with Crippen molar-refractivity contribution < 1.29 is 9.53 Å². The van der Waals surface area contributed by atoms with Crippen LogP contribution in [0.25, 0.3) is 0 Å². The van der Waals surface area contributed by atoms with Gasteiger partial charge >= 0.3 is 0 Å². The van der Waals surface area contributed by atoms with Crippen molar-refractivity contribution in [1.82, 2.24) is 0 Å². The molecule has 2 aromatic carbocycles. The quantitative estimate of drug-likeness (QED) is 0.553. The van der Waals surface area contributed by atoms with Crippen molar-refractivity contribution in [1.29, 1.82) is 0 Å². The summed E-state index contributed by atoms with van der Waals surface area (Å²) in [7, 11) is -2.57. The fourth-order valence-electron chi connectivity index (χ4n) is 4.83. The van der Waals surface area contributed by atoms with Crippen LogP contribution in [0.5, 0.6) is 0 Å². The zero-order chi connectivity index (χ0) is 21.1. The predicted octanol–water partition coefficient (Wildman–Crippen LogP) is 5.06. The van der Waals surface area contributed by atoms with Gasteiger partial charge < -0.3 is 9.53 Å². The highest BCUT2D eigenvalue weighted by atomic mass is 28.4. The first kappa shape index (κ1) is 22.0. The van der Waals surface area contributed by atoms with Gasteiger partial charge in [-0.2, -0.15) is 0 Å². The Labute approximate surface area is 177 Å². The summed E-state index contributed by atoms with van der Waals surface area (Å²) in [5.41, 5.74) is 1.15. The first-order valence-electron chi connectivity index (χ1n) is 10.9. The Morgan fingerprint density at radius 1 is 0.966 bits per heavy atom. The van der Waals surface area contributed by atoms with E-state index in [2.05, 4.69) is 101 Å². The zero-order valence-electron chi connectivity index (χ0n) is 18.6. The van der Waals surface area contributed by atoms with Crippen LogP contribution in [0.4, 0.5) is 0 Å². The van der Waals surface area contributed by atoms with Gasteiger partial charge in [0.25, 0.3) is 8.32 Å². The number of hydrogen-bond acceptors (Lipinski definition) is 2. The minimum Gasteiger partial charge on any atom is -0.401 e. The average Bonchev–Trinajstić information content (AvgIpc) is 2.69. The van der Waals surface area contributed by atoms with Crippen LogP contribution in [0.3, 0.4) is 0 Å². The van der Waals surface area contributed by atoms with Gasteiger partial charge in [0, 0.05) is 0 Å². The second-order valence-electron chi connectivity index (χ2n) is 9.50. The van der Waals surface area contributed by atoms with Gasteiger partial charge in [-0.1, -0.05) is 94.4 Å². The second-order valence-corrected chi connectivity index (χ2v) is 13.8. The van der Waals surface area contributed by atoms with E-state index in [1.165, 1.54) is 10.4 Å². The summed E-state index contributed by atoms with van der Waals surface area (Å²) in [5.74, 6) is 0.420. The molecule has 0 spiro atoms. The summed E-state index contributed by atoms with van der Waals surface area (Å²) in [6, 6.07) is 21.5. The lowest BCUT2D eigenvalue weighted by molar-refractivity contribution is 0.158. The average molecular weight is 409 g/mol. The molecular weight excluding hydrogens is 372 g/mol. The Balaban J connectivity index is 2.08. The highest BCUT2D eigenvalue weighted by Gasteiger charge is 2.50. The molecule has 0 bridgehead atoms. The summed E-state index contributed by atoms with van der Waals surface area (Å²) in [6.45, 7) is 11.3. The van der Waals surface area contributed by atoms with Crippen molar-refractivity contribution >= 4 is 18.7 Å². The first-order valence-corrected chi connectivity index (χ1v) is 12.8. The highest BCUT2D eigenvalue weighted by molar-refractivity contribution is 6.99. The van der Waals surface area contributed by atoms with E-state index < -0.39 is 8.32 Å². The third kappa shape index (κ3) is 4.58. The molecule has 3 atom stereocenters. The van der Waals surface area contributed by atoms with Crippen molar-refractivity contribution in [3.05, 3.63) is 72.3 Å². The van der Waals surface area contributed by atoms with E-state index in [0.717, 1.165) is 24.8 Å². The van der Waals surface area contributed by atoms with Crippen molar-refractivity contribution in [3.8, 4) is 0 Å². The molecule has 0 saturated heterocycles. The number of aliphatic hydroxyl groups is 1. The third-order valence-electron chi connectivity index (χ3n) is 6.28. The van der Waals surface area contributed by atoms with Crippen LogP contribution in [0.1, 0.15) is 53.9 Å². The summed E-state index contributed by atoms with van der Waals surface area (Å²) in [6.07, 6.45) is 4.92. The molecule has 1 aliphatic carbocycles. The zero-order valence-corrected chi connectivity index (χ0v) is 19.6. The Bertz CT molecular complexity index is 756. The summed E-state index contributed by atoms with van der Waals surface area (Å²) >= 11 is 0. The molecule has 0 aliphatic heterocycles. The summed E-state index contributed by atoms with van der Waals surface area (Å²) in [4.78, 5) is 0. The number of benzene rings is 2. The molecule has 1 N–H and O–H groups in total. The van der Waals surface area contributed by atoms with Crippen molar-refractivity contribution in [2.24, 2.45) is 5.92 Å². The van der Waals surface area contributed by atoms with Gasteiger partial charge in [0.05, 0.1) is 12.2 Å². The molecule has 0 aromatic heterocycles. The summed E-state index contributed by atoms with van der Waals surface area (Å²) < 4.78 is 7.13. The lowest BCUT2D eigenvalue weighted by Crippen LogP contribution is -2.67. The van der Waals surface area contributed by atoms with Gasteiger partial charge in [-0.3, -0.25) is 0 Å². The van der Waals surface area contributed by atoms with Gasteiger partial charge in [-0.25, -0.2) is 0 Å². The molecule has 0 radical (unpaired) electrons. The van der Waals surface area contributed by atoms with Gasteiger partial charge in [0.1, 0.15) is 0 Å². The van der Waals surface area contributed by atoms with Crippen LogP contribution >= 0.6 is 0 Å². The second kappa shape index (κ2) is 8.99. The molecule has 3 rings (SSSR count). The normalized spacial score (nSPS) is 23.2. The number of hydrogen-bond donors (Lipinski definition) is 1. The smallest absolute Gasteiger partial charge is 0.261 e. The van der Waals surface area contributed by atoms with Crippen LogP contribution in [0, 0.1) is 5.92 Å². The van der Waals surface area contributed by atoms with Gasteiger partial charge in [-0.15, -0.1) is 0 Å². The molecule has 2 nitrogen and oxygen atoms in total. The largest absolute Gasteiger partial charge is 0.401 e. The Hall–Kier alpha value is -1.68. The van der Waals surface area contributed by atoms with E-state index in [0.29, 0.717) is 5.92 Å². The van der Waals surface area contributed by atoms with Crippen molar-refractivity contribution in [2.45, 2.75) is 71.1 Å². The van der Waals surface area contributed by atoms with E-state index in [1.807, 2.05) is 0 Å². The number of aliphatic hydroxyl groups excluding tert-OH is 1. The third-order valence-corrected chi connectivity index (χ3v) is 11.4. The van der Waals surface area contributed by atoms with E-state index in [-0.39, 0.29) is 17.2 Å². The minimum atomic E-state index is -2.57.